The van der Waals surface area contributed by atoms with Gasteiger partial charge in [0.25, 0.3) is 0 Å². The first-order valence-corrected chi connectivity index (χ1v) is 5.25. The maximum absolute atomic E-state index is 13.7. The Kier molecular flexibility index (Phi) is 4.52. The van der Waals surface area contributed by atoms with Crippen molar-refractivity contribution in [3.8, 4) is 0 Å². The second kappa shape index (κ2) is 5.68. The average Bonchev–Trinajstić information content (AvgIpc) is 2.25. The molecule has 0 unspecified atom stereocenters. The molecule has 1 aromatic carbocycles. The molecule has 0 aromatic heterocycles. The van der Waals surface area contributed by atoms with Crippen molar-refractivity contribution in [2.45, 2.75) is 0 Å². The zero-order valence-electron chi connectivity index (χ0n) is 9.83. The molecule has 0 amide bonds. The fourth-order valence-electron chi connectivity index (χ4n) is 1.31. The second-order valence-electron chi connectivity index (χ2n) is 3.62. The van der Waals surface area contributed by atoms with Gasteiger partial charge in [0.1, 0.15) is 5.82 Å². The number of esters is 1. The molecule has 0 aliphatic carbocycles. The number of hydrogen-bond donors (Lipinski definition) is 0. The Hall–Kier alpha value is -1.55. The van der Waals surface area contributed by atoms with Crippen LogP contribution in [0.5, 0.6) is 0 Å². The van der Waals surface area contributed by atoms with Gasteiger partial charge in [-0.25, -0.2) is 9.18 Å². The molecule has 0 N–H and O–H groups in total. The Morgan fingerprint density at radius 2 is 2.12 bits per heavy atom. The average molecular weight is 258 g/mol. The summed E-state index contributed by atoms with van der Waals surface area (Å²) in [6.45, 7) is 0. The first kappa shape index (κ1) is 13.5. The summed E-state index contributed by atoms with van der Waals surface area (Å²) >= 11 is 5.65. The second-order valence-corrected chi connectivity index (χ2v) is 4.06. The molecule has 92 valence electrons. The van der Waals surface area contributed by atoms with Crippen molar-refractivity contribution in [2.24, 2.45) is 0 Å². The molecule has 0 saturated carbocycles. The van der Waals surface area contributed by atoms with Gasteiger partial charge in [-0.15, -0.1) is 0 Å². The highest BCUT2D eigenvalue weighted by atomic mass is 35.5. The zero-order chi connectivity index (χ0) is 13.0. The molecule has 0 heterocycles. The van der Waals surface area contributed by atoms with Crippen LogP contribution in [0.3, 0.4) is 0 Å². The van der Waals surface area contributed by atoms with E-state index in [9.17, 15) is 9.18 Å². The van der Waals surface area contributed by atoms with Crippen LogP contribution in [0.25, 0.3) is 5.57 Å². The number of nitrogens with zero attached hydrogens (tertiary/aromatic N) is 1. The number of ether oxygens (including phenoxy) is 1. The van der Waals surface area contributed by atoms with Crippen molar-refractivity contribution in [3.63, 3.8) is 0 Å². The normalized spacial score (nSPS) is 11.2. The number of halogens is 2. The number of carbonyl (C=O) groups is 1. The molecule has 1 aromatic rings. The van der Waals surface area contributed by atoms with Crippen molar-refractivity contribution < 1.29 is 13.9 Å². The third-order valence-electron chi connectivity index (χ3n) is 2.01. The monoisotopic (exact) mass is 257 g/mol. The first-order valence-electron chi connectivity index (χ1n) is 4.87. The van der Waals surface area contributed by atoms with Gasteiger partial charge in [-0.3, -0.25) is 0 Å². The minimum Gasteiger partial charge on any atom is -0.465 e. The van der Waals surface area contributed by atoms with Gasteiger partial charge in [-0.05, 0) is 18.2 Å². The molecule has 0 aliphatic heterocycles. The van der Waals surface area contributed by atoms with Crippen LogP contribution in [0.2, 0.25) is 5.02 Å². The van der Waals surface area contributed by atoms with Crippen molar-refractivity contribution in [1.82, 2.24) is 4.90 Å². The lowest BCUT2D eigenvalue weighted by atomic mass is 10.1. The topological polar surface area (TPSA) is 29.5 Å². The Labute approximate surface area is 104 Å². The van der Waals surface area contributed by atoms with Gasteiger partial charge >= 0.3 is 5.97 Å². The van der Waals surface area contributed by atoms with Crippen LogP contribution in [-0.4, -0.2) is 32.1 Å². The molecule has 1 rings (SSSR count). The molecule has 0 atom stereocenters. The molecule has 0 bridgehead atoms. The number of methoxy groups -OCH3 is 1. The summed E-state index contributed by atoms with van der Waals surface area (Å²) in [5.41, 5.74) is 0.307. The molecular weight excluding hydrogens is 245 g/mol. The van der Waals surface area contributed by atoms with Gasteiger partial charge in [0.05, 0.1) is 12.7 Å². The smallest absolute Gasteiger partial charge is 0.340 e. The molecule has 0 radical (unpaired) electrons. The van der Waals surface area contributed by atoms with Gasteiger partial charge in [-0.2, -0.15) is 0 Å². The minimum absolute atomic E-state index is 0.145. The van der Waals surface area contributed by atoms with Gasteiger partial charge in [0, 0.05) is 30.9 Å². The van der Waals surface area contributed by atoms with Gasteiger partial charge < -0.3 is 9.64 Å². The number of benzene rings is 1. The van der Waals surface area contributed by atoms with E-state index in [4.69, 9.17) is 11.6 Å². The first-order chi connectivity index (χ1) is 7.95. The van der Waals surface area contributed by atoms with E-state index < -0.39 is 11.8 Å². The predicted molar refractivity (Wildman–Crippen MR) is 65.1 cm³/mol. The summed E-state index contributed by atoms with van der Waals surface area (Å²) in [6.07, 6.45) is 1.50. The lowest BCUT2D eigenvalue weighted by Gasteiger charge is -2.11. The Morgan fingerprint density at radius 3 is 2.59 bits per heavy atom. The molecule has 17 heavy (non-hydrogen) atoms. The summed E-state index contributed by atoms with van der Waals surface area (Å²) in [6, 6.07) is 4.12. The fourth-order valence-corrected chi connectivity index (χ4v) is 1.47. The zero-order valence-corrected chi connectivity index (χ0v) is 10.6. The number of rotatable bonds is 3. The molecule has 3 nitrogen and oxygen atoms in total. The molecule has 5 heteroatoms. The van der Waals surface area contributed by atoms with E-state index in [2.05, 4.69) is 4.74 Å². The van der Waals surface area contributed by atoms with Crippen LogP contribution in [0, 0.1) is 5.82 Å². The van der Waals surface area contributed by atoms with Gasteiger partial charge in [0.2, 0.25) is 0 Å². The highest BCUT2D eigenvalue weighted by Gasteiger charge is 2.17. The maximum atomic E-state index is 13.7. The van der Waals surface area contributed by atoms with Crippen molar-refractivity contribution in [3.05, 3.63) is 40.8 Å². The van der Waals surface area contributed by atoms with Crippen molar-refractivity contribution in [2.75, 3.05) is 21.2 Å². The molecule has 0 fully saturated rings. The lowest BCUT2D eigenvalue weighted by molar-refractivity contribution is -0.133. The van der Waals surface area contributed by atoms with E-state index >= 15 is 0 Å². The van der Waals surface area contributed by atoms with E-state index in [0.717, 1.165) is 6.07 Å². The quantitative estimate of drug-likeness (QED) is 0.616. The van der Waals surface area contributed by atoms with Crippen LogP contribution in [-0.2, 0) is 9.53 Å². The molecule has 0 saturated heterocycles. The maximum Gasteiger partial charge on any atom is 0.340 e. The van der Waals surface area contributed by atoms with Crippen LogP contribution in [0.15, 0.2) is 24.4 Å². The highest BCUT2D eigenvalue weighted by molar-refractivity contribution is 6.30. The Bertz CT molecular complexity index is 458. The molecule has 0 aliphatic rings. The summed E-state index contributed by atoms with van der Waals surface area (Å²) in [4.78, 5) is 13.2. The van der Waals surface area contributed by atoms with E-state index in [0.29, 0.717) is 0 Å². The van der Waals surface area contributed by atoms with Gasteiger partial charge in [0.15, 0.2) is 0 Å². The van der Waals surface area contributed by atoms with Crippen LogP contribution in [0.4, 0.5) is 4.39 Å². The van der Waals surface area contributed by atoms with E-state index in [1.807, 2.05) is 0 Å². The highest BCUT2D eigenvalue weighted by Crippen LogP contribution is 2.22. The summed E-state index contributed by atoms with van der Waals surface area (Å²) in [7, 11) is 4.72. The summed E-state index contributed by atoms with van der Waals surface area (Å²) in [5, 5.41) is 0.278. The largest absolute Gasteiger partial charge is 0.465 e. The van der Waals surface area contributed by atoms with E-state index in [1.54, 1.807) is 19.0 Å². The van der Waals surface area contributed by atoms with E-state index in [1.165, 1.54) is 25.4 Å². The summed E-state index contributed by atoms with van der Waals surface area (Å²) < 4.78 is 18.3. The SMILES string of the molecule is COC(=O)/C(=C\N(C)C)c1ccc(Cl)cc1F. The standard InChI is InChI=1S/C12H13ClFNO2/c1-15(2)7-10(12(16)17-3)9-5-4-8(13)6-11(9)14/h4-7H,1-3H3/b10-7-. The van der Waals surface area contributed by atoms with Gasteiger partial charge in [-0.1, -0.05) is 11.6 Å². The lowest BCUT2D eigenvalue weighted by Crippen LogP contribution is -2.11. The van der Waals surface area contributed by atoms with Crippen LogP contribution < -0.4 is 0 Å². The number of hydrogen-bond acceptors (Lipinski definition) is 3. The fraction of sp³-hybridized carbons (Fsp3) is 0.250. The Balaban J connectivity index is 3.27. The van der Waals surface area contributed by atoms with Crippen LogP contribution >= 0.6 is 11.6 Å². The van der Waals surface area contributed by atoms with Crippen LogP contribution in [0.1, 0.15) is 5.56 Å². The predicted octanol–water partition coefficient (Wildman–Crippen LogP) is 2.55. The van der Waals surface area contributed by atoms with Crippen molar-refractivity contribution in [1.29, 1.82) is 0 Å². The molecular formula is C12H13ClFNO2. The third-order valence-corrected chi connectivity index (χ3v) is 2.25. The summed E-state index contributed by atoms with van der Waals surface area (Å²) in [5.74, 6) is -1.16. The molecule has 0 spiro atoms. The number of carbonyl (C=O) groups excluding carboxylic acids is 1. The minimum atomic E-state index is -0.597. The Morgan fingerprint density at radius 1 is 1.47 bits per heavy atom. The third kappa shape index (κ3) is 3.46. The van der Waals surface area contributed by atoms with E-state index in [-0.39, 0.29) is 16.2 Å². The van der Waals surface area contributed by atoms with Crippen molar-refractivity contribution >= 4 is 23.1 Å².